The van der Waals surface area contributed by atoms with E-state index in [2.05, 4.69) is 57.3 Å². The van der Waals surface area contributed by atoms with Crippen molar-refractivity contribution < 1.29 is 0 Å². The SMILES string of the molecule is CCC(C)(C)C1CCC(C#N)C(N2CC(C)SC(C)C2)C1. The number of hydrogen-bond donors (Lipinski definition) is 0. The van der Waals surface area contributed by atoms with Crippen molar-refractivity contribution in [2.24, 2.45) is 17.3 Å². The monoisotopic (exact) mass is 308 g/mol. The molecule has 0 N–H and O–H groups in total. The standard InChI is InChI=1S/C18H32N2S/c1-6-18(4,5)16-8-7-15(10-19)17(9-16)20-11-13(2)21-14(3)12-20/h13-17H,6-9,11-12H2,1-5H3. The minimum absolute atomic E-state index is 0.247. The van der Waals surface area contributed by atoms with E-state index in [1.54, 1.807) is 0 Å². The third-order valence-electron chi connectivity index (χ3n) is 5.92. The maximum absolute atomic E-state index is 9.59. The Labute approximate surface area is 135 Å². The van der Waals surface area contributed by atoms with Gasteiger partial charge in [-0.3, -0.25) is 4.90 Å². The van der Waals surface area contributed by atoms with Crippen LogP contribution in [0.3, 0.4) is 0 Å². The molecule has 0 aromatic carbocycles. The molecule has 3 heteroatoms. The molecule has 2 fully saturated rings. The molecule has 5 unspecified atom stereocenters. The molecule has 1 aliphatic carbocycles. The van der Waals surface area contributed by atoms with Gasteiger partial charge in [0, 0.05) is 29.6 Å². The lowest BCUT2D eigenvalue weighted by molar-refractivity contribution is 0.0507. The van der Waals surface area contributed by atoms with Gasteiger partial charge in [0.05, 0.1) is 12.0 Å². The molecule has 2 aliphatic rings. The van der Waals surface area contributed by atoms with Crippen LogP contribution in [0.4, 0.5) is 0 Å². The van der Waals surface area contributed by atoms with Crippen LogP contribution in [0.25, 0.3) is 0 Å². The predicted octanol–water partition coefficient (Wildman–Crippen LogP) is 4.56. The predicted molar refractivity (Wildman–Crippen MR) is 92.4 cm³/mol. The van der Waals surface area contributed by atoms with Crippen LogP contribution in [-0.2, 0) is 0 Å². The van der Waals surface area contributed by atoms with Crippen molar-refractivity contribution in [3.8, 4) is 6.07 Å². The molecule has 2 rings (SSSR count). The highest BCUT2D eigenvalue weighted by Gasteiger charge is 2.41. The van der Waals surface area contributed by atoms with Gasteiger partial charge in [0.2, 0.25) is 0 Å². The number of thioether (sulfide) groups is 1. The zero-order chi connectivity index (χ0) is 15.6. The fourth-order valence-electron chi connectivity index (χ4n) is 4.19. The average molecular weight is 309 g/mol. The smallest absolute Gasteiger partial charge is 0.0672 e. The quantitative estimate of drug-likeness (QED) is 0.765. The van der Waals surface area contributed by atoms with Crippen LogP contribution in [0.15, 0.2) is 0 Å². The molecule has 0 spiro atoms. The van der Waals surface area contributed by atoms with Crippen molar-refractivity contribution in [1.82, 2.24) is 4.90 Å². The van der Waals surface area contributed by atoms with Crippen LogP contribution in [0.5, 0.6) is 0 Å². The second kappa shape index (κ2) is 6.92. The van der Waals surface area contributed by atoms with Crippen molar-refractivity contribution in [2.75, 3.05) is 13.1 Å². The number of nitrogens with zero attached hydrogens (tertiary/aromatic N) is 2. The molecule has 0 radical (unpaired) electrons. The van der Waals surface area contributed by atoms with Gasteiger partial charge >= 0.3 is 0 Å². The molecule has 120 valence electrons. The van der Waals surface area contributed by atoms with Gasteiger partial charge in [-0.25, -0.2) is 0 Å². The Morgan fingerprint density at radius 3 is 2.33 bits per heavy atom. The molecule has 0 bridgehead atoms. The van der Waals surface area contributed by atoms with Gasteiger partial charge in [-0.15, -0.1) is 0 Å². The second-order valence-electron chi connectivity index (χ2n) is 7.87. The van der Waals surface area contributed by atoms with Gasteiger partial charge in [-0.2, -0.15) is 17.0 Å². The summed E-state index contributed by atoms with van der Waals surface area (Å²) in [5.74, 6) is 1.02. The second-order valence-corrected chi connectivity index (χ2v) is 9.75. The largest absolute Gasteiger partial charge is 0.297 e. The molecule has 0 aromatic rings. The van der Waals surface area contributed by atoms with Gasteiger partial charge < -0.3 is 0 Å². The topological polar surface area (TPSA) is 27.0 Å². The first kappa shape index (κ1) is 17.2. The molecule has 1 aliphatic heterocycles. The first-order valence-electron chi connectivity index (χ1n) is 8.66. The Bertz CT molecular complexity index is 377. The Morgan fingerprint density at radius 2 is 1.81 bits per heavy atom. The van der Waals surface area contributed by atoms with E-state index < -0.39 is 0 Å². The van der Waals surface area contributed by atoms with E-state index in [0.717, 1.165) is 25.4 Å². The minimum atomic E-state index is 0.247. The maximum Gasteiger partial charge on any atom is 0.0672 e. The average Bonchev–Trinajstić information content (AvgIpc) is 2.45. The summed E-state index contributed by atoms with van der Waals surface area (Å²) in [6.45, 7) is 14.1. The molecule has 1 heterocycles. The highest BCUT2D eigenvalue weighted by molar-refractivity contribution is 8.00. The fraction of sp³-hybridized carbons (Fsp3) is 0.944. The summed E-state index contributed by atoms with van der Waals surface area (Å²) < 4.78 is 0. The lowest BCUT2D eigenvalue weighted by atomic mass is 9.66. The third-order valence-corrected chi connectivity index (χ3v) is 7.14. The zero-order valence-corrected chi connectivity index (χ0v) is 15.2. The molecule has 5 atom stereocenters. The summed E-state index contributed by atoms with van der Waals surface area (Å²) >= 11 is 2.10. The van der Waals surface area contributed by atoms with E-state index in [1.165, 1.54) is 19.3 Å². The van der Waals surface area contributed by atoms with E-state index in [0.29, 0.717) is 22.0 Å². The minimum Gasteiger partial charge on any atom is -0.297 e. The zero-order valence-electron chi connectivity index (χ0n) is 14.4. The number of hydrogen-bond acceptors (Lipinski definition) is 3. The fourth-order valence-corrected chi connectivity index (χ4v) is 5.54. The lowest BCUT2D eigenvalue weighted by Crippen LogP contribution is -2.52. The van der Waals surface area contributed by atoms with Crippen molar-refractivity contribution in [3.05, 3.63) is 0 Å². The van der Waals surface area contributed by atoms with E-state index in [1.807, 2.05) is 0 Å². The third kappa shape index (κ3) is 3.96. The molecule has 2 nitrogen and oxygen atoms in total. The van der Waals surface area contributed by atoms with Crippen LogP contribution >= 0.6 is 11.8 Å². The molecule has 1 saturated heterocycles. The first-order valence-corrected chi connectivity index (χ1v) is 9.60. The van der Waals surface area contributed by atoms with E-state index in [4.69, 9.17) is 0 Å². The van der Waals surface area contributed by atoms with Crippen molar-refractivity contribution >= 4 is 11.8 Å². The summed E-state index contributed by atoms with van der Waals surface area (Å²) in [6, 6.07) is 3.11. The summed E-state index contributed by atoms with van der Waals surface area (Å²) in [4.78, 5) is 2.65. The molecular weight excluding hydrogens is 276 g/mol. The van der Waals surface area contributed by atoms with Gasteiger partial charge in [-0.1, -0.05) is 41.0 Å². The van der Waals surface area contributed by atoms with E-state index >= 15 is 0 Å². The van der Waals surface area contributed by atoms with Crippen molar-refractivity contribution in [1.29, 1.82) is 5.26 Å². The lowest BCUT2D eigenvalue weighted by Gasteiger charge is -2.48. The summed E-state index contributed by atoms with van der Waals surface area (Å²) in [6.07, 6.45) is 4.80. The Morgan fingerprint density at radius 1 is 1.19 bits per heavy atom. The van der Waals surface area contributed by atoms with Crippen molar-refractivity contribution in [3.63, 3.8) is 0 Å². The summed E-state index contributed by atoms with van der Waals surface area (Å²) in [5.41, 5.74) is 0.417. The van der Waals surface area contributed by atoms with Crippen LogP contribution < -0.4 is 0 Å². The highest BCUT2D eigenvalue weighted by atomic mass is 32.2. The van der Waals surface area contributed by atoms with Gasteiger partial charge in [-0.05, 0) is 30.6 Å². The van der Waals surface area contributed by atoms with Gasteiger partial charge in [0.25, 0.3) is 0 Å². The Hall–Kier alpha value is -0.200. The highest BCUT2D eigenvalue weighted by Crippen LogP contribution is 2.44. The van der Waals surface area contributed by atoms with E-state index in [-0.39, 0.29) is 5.92 Å². The van der Waals surface area contributed by atoms with Crippen LogP contribution in [-0.4, -0.2) is 34.5 Å². The van der Waals surface area contributed by atoms with Crippen LogP contribution in [0.1, 0.15) is 60.3 Å². The molecule has 1 saturated carbocycles. The number of nitriles is 1. The maximum atomic E-state index is 9.59. The van der Waals surface area contributed by atoms with Crippen molar-refractivity contribution in [2.45, 2.75) is 76.8 Å². The van der Waals surface area contributed by atoms with Gasteiger partial charge in [0.1, 0.15) is 0 Å². The number of rotatable bonds is 3. The molecule has 0 amide bonds. The molecule has 0 aromatic heterocycles. The van der Waals surface area contributed by atoms with Crippen LogP contribution in [0.2, 0.25) is 0 Å². The first-order chi connectivity index (χ1) is 9.87. The Kier molecular flexibility index (Phi) is 5.65. The Balaban J connectivity index is 2.12. The molecule has 21 heavy (non-hydrogen) atoms. The van der Waals surface area contributed by atoms with Crippen LogP contribution in [0, 0.1) is 28.6 Å². The summed E-state index contributed by atoms with van der Waals surface area (Å²) in [7, 11) is 0. The van der Waals surface area contributed by atoms with Gasteiger partial charge in [0.15, 0.2) is 0 Å². The molecular formula is C18H32N2S. The van der Waals surface area contributed by atoms with E-state index in [9.17, 15) is 5.26 Å². The summed E-state index contributed by atoms with van der Waals surface area (Å²) in [5, 5.41) is 11.0. The normalized spacial score (nSPS) is 39.0.